The Balaban J connectivity index is 2.17. The van der Waals surface area contributed by atoms with E-state index in [1.54, 1.807) is 12.4 Å². The first kappa shape index (κ1) is 14.6. The highest BCUT2D eigenvalue weighted by molar-refractivity contribution is 6.39. The molecule has 20 heavy (non-hydrogen) atoms. The molecule has 0 radical (unpaired) electrons. The molecule has 0 spiro atoms. The fourth-order valence-corrected chi connectivity index (χ4v) is 2.20. The molecule has 0 fully saturated rings. The van der Waals surface area contributed by atoms with Crippen molar-refractivity contribution in [2.24, 2.45) is 0 Å². The summed E-state index contributed by atoms with van der Waals surface area (Å²) in [5.41, 5.74) is 7.18. The molecule has 2 aromatic rings. The lowest BCUT2D eigenvalue weighted by Gasteiger charge is -2.14. The second kappa shape index (κ2) is 6.11. The molecule has 1 atom stereocenters. The Bertz CT molecular complexity index is 609. The number of pyridine rings is 1. The van der Waals surface area contributed by atoms with Crippen molar-refractivity contribution in [1.82, 2.24) is 10.3 Å². The van der Waals surface area contributed by atoms with Gasteiger partial charge in [0.25, 0.3) is 5.91 Å². The SMILES string of the molecule is CC(NC(=O)c1cc(Cl)c(N)c(Cl)c1)c1cccnc1. The van der Waals surface area contributed by atoms with E-state index < -0.39 is 0 Å². The van der Waals surface area contributed by atoms with Gasteiger partial charge in [0.15, 0.2) is 0 Å². The summed E-state index contributed by atoms with van der Waals surface area (Å²) in [6.45, 7) is 1.87. The number of hydrogen-bond donors (Lipinski definition) is 2. The van der Waals surface area contributed by atoms with E-state index in [4.69, 9.17) is 28.9 Å². The molecule has 1 heterocycles. The van der Waals surface area contributed by atoms with Crippen LogP contribution in [0.1, 0.15) is 28.9 Å². The van der Waals surface area contributed by atoms with Gasteiger partial charge in [-0.25, -0.2) is 0 Å². The first-order chi connectivity index (χ1) is 9.49. The van der Waals surface area contributed by atoms with Crippen LogP contribution < -0.4 is 11.1 Å². The number of nitrogen functional groups attached to an aromatic ring is 1. The fraction of sp³-hybridized carbons (Fsp3) is 0.143. The topological polar surface area (TPSA) is 68.0 Å². The number of anilines is 1. The van der Waals surface area contributed by atoms with Crippen molar-refractivity contribution < 1.29 is 4.79 Å². The van der Waals surface area contributed by atoms with Crippen LogP contribution in [0.4, 0.5) is 5.69 Å². The average Bonchev–Trinajstić information content (AvgIpc) is 2.45. The minimum atomic E-state index is -0.273. The number of hydrogen-bond acceptors (Lipinski definition) is 3. The highest BCUT2D eigenvalue weighted by Gasteiger charge is 2.14. The zero-order chi connectivity index (χ0) is 14.7. The van der Waals surface area contributed by atoms with Crippen LogP contribution in [0.25, 0.3) is 0 Å². The maximum atomic E-state index is 12.2. The molecule has 104 valence electrons. The Labute approximate surface area is 126 Å². The normalized spacial score (nSPS) is 11.9. The van der Waals surface area contributed by atoms with Gasteiger partial charge in [-0.15, -0.1) is 0 Å². The summed E-state index contributed by atoms with van der Waals surface area (Å²) in [5, 5.41) is 3.37. The smallest absolute Gasteiger partial charge is 0.251 e. The third-order valence-corrected chi connectivity index (χ3v) is 3.50. The molecule has 3 N–H and O–H groups in total. The zero-order valence-corrected chi connectivity index (χ0v) is 12.2. The number of halogens is 2. The van der Waals surface area contributed by atoms with Crippen LogP contribution in [0, 0.1) is 0 Å². The highest BCUT2D eigenvalue weighted by Crippen LogP contribution is 2.29. The number of rotatable bonds is 3. The number of benzene rings is 1. The zero-order valence-electron chi connectivity index (χ0n) is 10.7. The molecule has 4 nitrogen and oxygen atoms in total. The summed E-state index contributed by atoms with van der Waals surface area (Å²) < 4.78 is 0. The Hall–Kier alpha value is -1.78. The van der Waals surface area contributed by atoms with Gasteiger partial charge in [0.1, 0.15) is 0 Å². The lowest BCUT2D eigenvalue weighted by atomic mass is 10.1. The molecule has 0 saturated heterocycles. The molecule has 1 amide bonds. The summed E-state index contributed by atoms with van der Waals surface area (Å²) in [4.78, 5) is 16.2. The lowest BCUT2D eigenvalue weighted by molar-refractivity contribution is 0.0940. The van der Waals surface area contributed by atoms with Crippen LogP contribution in [0.2, 0.25) is 10.0 Å². The standard InChI is InChI=1S/C14H13Cl2N3O/c1-8(9-3-2-4-18-7-9)19-14(20)10-5-11(15)13(17)12(16)6-10/h2-8H,17H2,1H3,(H,19,20). The minimum Gasteiger partial charge on any atom is -0.396 e. The van der Waals surface area contributed by atoms with Crippen LogP contribution >= 0.6 is 23.2 Å². The number of aromatic nitrogens is 1. The summed E-state index contributed by atoms with van der Waals surface area (Å²) in [6.07, 6.45) is 3.38. The Morgan fingerprint density at radius 1 is 1.35 bits per heavy atom. The van der Waals surface area contributed by atoms with E-state index in [1.165, 1.54) is 12.1 Å². The quantitative estimate of drug-likeness (QED) is 0.853. The Morgan fingerprint density at radius 3 is 2.55 bits per heavy atom. The number of nitrogens with one attached hydrogen (secondary N) is 1. The summed E-state index contributed by atoms with van der Waals surface area (Å²) in [5.74, 6) is -0.273. The van der Waals surface area contributed by atoms with Crippen LogP contribution in [-0.4, -0.2) is 10.9 Å². The maximum absolute atomic E-state index is 12.2. The molecule has 0 aliphatic carbocycles. The van der Waals surface area contributed by atoms with Crippen LogP contribution in [0.3, 0.4) is 0 Å². The van der Waals surface area contributed by atoms with E-state index in [2.05, 4.69) is 10.3 Å². The second-order valence-electron chi connectivity index (χ2n) is 4.34. The first-order valence-electron chi connectivity index (χ1n) is 5.94. The van der Waals surface area contributed by atoms with Crippen LogP contribution in [0.15, 0.2) is 36.7 Å². The Kier molecular flexibility index (Phi) is 4.47. The number of nitrogens with zero attached hydrogens (tertiary/aromatic N) is 1. The molecule has 1 unspecified atom stereocenters. The monoisotopic (exact) mass is 309 g/mol. The van der Waals surface area contributed by atoms with Gasteiger partial charge in [-0.1, -0.05) is 29.3 Å². The third kappa shape index (κ3) is 3.21. The number of amides is 1. The van der Waals surface area contributed by atoms with Crippen molar-refractivity contribution in [2.45, 2.75) is 13.0 Å². The molecule has 2 rings (SSSR count). The van der Waals surface area contributed by atoms with Crippen molar-refractivity contribution >= 4 is 34.8 Å². The van der Waals surface area contributed by atoms with E-state index in [0.717, 1.165) is 5.56 Å². The van der Waals surface area contributed by atoms with Crippen molar-refractivity contribution in [3.05, 3.63) is 57.8 Å². The van der Waals surface area contributed by atoms with E-state index in [-0.39, 0.29) is 27.7 Å². The second-order valence-corrected chi connectivity index (χ2v) is 5.15. The van der Waals surface area contributed by atoms with Gasteiger partial charge in [0.2, 0.25) is 0 Å². The molecular formula is C14H13Cl2N3O. The Morgan fingerprint density at radius 2 is 2.00 bits per heavy atom. The van der Waals surface area contributed by atoms with Crippen molar-refractivity contribution in [3.8, 4) is 0 Å². The van der Waals surface area contributed by atoms with Crippen LogP contribution in [-0.2, 0) is 0 Å². The molecule has 0 aliphatic rings. The van der Waals surface area contributed by atoms with Gasteiger partial charge in [-0.2, -0.15) is 0 Å². The summed E-state index contributed by atoms with van der Waals surface area (Å²) >= 11 is 11.8. The van der Waals surface area contributed by atoms with Gasteiger partial charge in [0.05, 0.1) is 21.8 Å². The molecule has 0 bridgehead atoms. The number of nitrogens with two attached hydrogens (primary N) is 1. The third-order valence-electron chi connectivity index (χ3n) is 2.87. The first-order valence-corrected chi connectivity index (χ1v) is 6.70. The maximum Gasteiger partial charge on any atom is 0.251 e. The van der Waals surface area contributed by atoms with Crippen molar-refractivity contribution in [1.29, 1.82) is 0 Å². The predicted molar refractivity (Wildman–Crippen MR) is 81.0 cm³/mol. The van der Waals surface area contributed by atoms with E-state index in [0.29, 0.717) is 5.56 Å². The molecule has 0 aliphatic heterocycles. The van der Waals surface area contributed by atoms with Crippen molar-refractivity contribution in [3.63, 3.8) is 0 Å². The average molecular weight is 310 g/mol. The molecule has 1 aromatic carbocycles. The molecule has 6 heteroatoms. The lowest BCUT2D eigenvalue weighted by Crippen LogP contribution is -2.26. The van der Waals surface area contributed by atoms with Crippen molar-refractivity contribution in [2.75, 3.05) is 5.73 Å². The van der Waals surface area contributed by atoms with Gasteiger partial charge in [0, 0.05) is 18.0 Å². The predicted octanol–water partition coefficient (Wildman–Crippen LogP) is 3.46. The number of carbonyl (C=O) groups excluding carboxylic acids is 1. The van der Waals surface area contributed by atoms with Gasteiger partial charge < -0.3 is 11.1 Å². The highest BCUT2D eigenvalue weighted by atomic mass is 35.5. The number of carbonyl (C=O) groups is 1. The molecule has 0 saturated carbocycles. The summed E-state index contributed by atoms with van der Waals surface area (Å²) in [7, 11) is 0. The fourth-order valence-electron chi connectivity index (χ4n) is 1.71. The van der Waals surface area contributed by atoms with Gasteiger partial charge in [-0.05, 0) is 30.7 Å². The summed E-state index contributed by atoms with van der Waals surface area (Å²) in [6, 6.07) is 6.52. The van der Waals surface area contributed by atoms with Gasteiger partial charge >= 0.3 is 0 Å². The van der Waals surface area contributed by atoms with Gasteiger partial charge in [-0.3, -0.25) is 9.78 Å². The van der Waals surface area contributed by atoms with E-state index in [9.17, 15) is 4.79 Å². The largest absolute Gasteiger partial charge is 0.396 e. The van der Waals surface area contributed by atoms with E-state index in [1.807, 2.05) is 19.1 Å². The molecular weight excluding hydrogens is 297 g/mol. The minimum absolute atomic E-state index is 0.175. The van der Waals surface area contributed by atoms with E-state index >= 15 is 0 Å². The van der Waals surface area contributed by atoms with Crippen LogP contribution in [0.5, 0.6) is 0 Å². The molecule has 1 aromatic heterocycles.